The monoisotopic (exact) mass is 364 g/mol. The van der Waals surface area contributed by atoms with E-state index in [1.165, 1.54) is 7.11 Å². The summed E-state index contributed by atoms with van der Waals surface area (Å²) in [5.41, 5.74) is 2.72. The van der Waals surface area contributed by atoms with E-state index in [9.17, 15) is 9.59 Å². The predicted octanol–water partition coefficient (Wildman–Crippen LogP) is 3.00. The molecule has 0 aromatic heterocycles. The van der Waals surface area contributed by atoms with E-state index in [1.807, 2.05) is 30.3 Å². The van der Waals surface area contributed by atoms with Crippen LogP contribution in [0.1, 0.15) is 22.3 Å². The molecule has 2 heterocycles. The molecule has 2 aromatic rings. The van der Waals surface area contributed by atoms with Gasteiger partial charge in [0.25, 0.3) is 5.91 Å². The number of benzene rings is 2. The van der Waals surface area contributed by atoms with Gasteiger partial charge in [-0.15, -0.1) is 0 Å². The highest BCUT2D eigenvalue weighted by Gasteiger charge is 2.40. The molecular weight excluding hydrogens is 344 g/mol. The Labute approximate surface area is 157 Å². The van der Waals surface area contributed by atoms with Crippen LogP contribution < -0.4 is 14.8 Å². The summed E-state index contributed by atoms with van der Waals surface area (Å²) in [5.74, 6) is 0.503. The summed E-state index contributed by atoms with van der Waals surface area (Å²) < 4.78 is 11.3. The molecule has 4 rings (SSSR count). The van der Waals surface area contributed by atoms with Crippen molar-refractivity contribution in [2.75, 3.05) is 19.0 Å². The van der Waals surface area contributed by atoms with Crippen molar-refractivity contribution in [2.24, 2.45) is 0 Å². The van der Waals surface area contributed by atoms with Crippen molar-refractivity contribution >= 4 is 17.5 Å². The van der Waals surface area contributed by atoms with Crippen LogP contribution in [-0.4, -0.2) is 36.4 Å². The minimum atomic E-state index is -0.517. The Morgan fingerprint density at radius 2 is 1.96 bits per heavy atom. The van der Waals surface area contributed by atoms with Crippen LogP contribution in [0, 0.1) is 0 Å². The smallest absolute Gasteiger partial charge is 0.257 e. The molecule has 0 spiro atoms. The first kappa shape index (κ1) is 17.1. The summed E-state index contributed by atoms with van der Waals surface area (Å²) in [4.78, 5) is 27.1. The standard InChI is InChI=1S/C21H20N2O4/c1-13-8-17-20(24)22-16-10-19(27-12-14-6-4-3-5-7-14)18(26-2)9-15(16)21(25)23(17)11-13/h3-7,9-10,17H,1,8,11-12H2,2H3,(H,22,24)/t17-/m0/s1. The maximum absolute atomic E-state index is 13.0. The number of hydrogen-bond acceptors (Lipinski definition) is 4. The number of methoxy groups -OCH3 is 1. The Hall–Kier alpha value is -3.28. The Morgan fingerprint density at radius 3 is 2.70 bits per heavy atom. The lowest BCUT2D eigenvalue weighted by molar-refractivity contribution is -0.119. The molecule has 1 saturated heterocycles. The van der Waals surface area contributed by atoms with Gasteiger partial charge in [0, 0.05) is 12.6 Å². The molecule has 0 unspecified atom stereocenters. The average Bonchev–Trinajstić information content (AvgIpc) is 3.05. The number of amides is 2. The fourth-order valence-corrected chi connectivity index (χ4v) is 3.47. The predicted molar refractivity (Wildman–Crippen MR) is 101 cm³/mol. The van der Waals surface area contributed by atoms with Crippen LogP contribution in [0.5, 0.6) is 11.5 Å². The topological polar surface area (TPSA) is 67.9 Å². The van der Waals surface area contributed by atoms with E-state index in [2.05, 4.69) is 11.9 Å². The summed E-state index contributed by atoms with van der Waals surface area (Å²) in [5, 5.41) is 2.86. The lowest BCUT2D eigenvalue weighted by Crippen LogP contribution is -2.40. The molecule has 2 aliphatic heterocycles. The second kappa shape index (κ2) is 6.79. The van der Waals surface area contributed by atoms with Gasteiger partial charge in [-0.2, -0.15) is 0 Å². The molecular formula is C21H20N2O4. The van der Waals surface area contributed by atoms with Crippen molar-refractivity contribution in [3.05, 3.63) is 65.7 Å². The second-order valence-corrected chi connectivity index (χ2v) is 6.72. The van der Waals surface area contributed by atoms with E-state index in [4.69, 9.17) is 9.47 Å². The maximum Gasteiger partial charge on any atom is 0.257 e. The van der Waals surface area contributed by atoms with E-state index < -0.39 is 6.04 Å². The number of ether oxygens (including phenoxy) is 2. The van der Waals surface area contributed by atoms with Crippen LogP contribution in [-0.2, 0) is 11.4 Å². The number of nitrogens with one attached hydrogen (secondary N) is 1. The number of rotatable bonds is 4. The lowest BCUT2D eigenvalue weighted by Gasteiger charge is -2.19. The zero-order chi connectivity index (χ0) is 19.0. The molecule has 1 atom stereocenters. The van der Waals surface area contributed by atoms with Crippen molar-refractivity contribution in [1.82, 2.24) is 4.90 Å². The molecule has 27 heavy (non-hydrogen) atoms. The fourth-order valence-electron chi connectivity index (χ4n) is 3.47. The average molecular weight is 364 g/mol. The molecule has 0 aliphatic carbocycles. The molecule has 0 radical (unpaired) electrons. The van der Waals surface area contributed by atoms with Gasteiger partial charge in [0.1, 0.15) is 12.6 Å². The van der Waals surface area contributed by atoms with Gasteiger partial charge < -0.3 is 19.7 Å². The molecule has 2 aromatic carbocycles. The number of carbonyl (C=O) groups is 2. The van der Waals surface area contributed by atoms with E-state index in [0.717, 1.165) is 11.1 Å². The van der Waals surface area contributed by atoms with Crippen molar-refractivity contribution in [2.45, 2.75) is 19.1 Å². The molecule has 0 bridgehead atoms. The van der Waals surface area contributed by atoms with Gasteiger partial charge in [-0.1, -0.05) is 42.5 Å². The van der Waals surface area contributed by atoms with Gasteiger partial charge in [0.05, 0.1) is 18.4 Å². The molecule has 138 valence electrons. The molecule has 1 fully saturated rings. The number of carbonyl (C=O) groups excluding carboxylic acids is 2. The highest BCUT2D eigenvalue weighted by atomic mass is 16.5. The van der Waals surface area contributed by atoms with Gasteiger partial charge in [-0.3, -0.25) is 9.59 Å². The number of nitrogens with zero attached hydrogens (tertiary/aromatic N) is 1. The second-order valence-electron chi connectivity index (χ2n) is 6.72. The van der Waals surface area contributed by atoms with Crippen molar-refractivity contribution in [1.29, 1.82) is 0 Å². The molecule has 1 N–H and O–H groups in total. The number of hydrogen-bond donors (Lipinski definition) is 1. The normalized spacial score (nSPS) is 18.5. The SMILES string of the molecule is C=C1C[C@H]2C(=O)Nc3cc(OCc4ccccc4)c(OC)cc3C(=O)N2C1. The van der Waals surface area contributed by atoms with Crippen LogP contribution in [0.4, 0.5) is 5.69 Å². The maximum atomic E-state index is 13.0. The highest BCUT2D eigenvalue weighted by molar-refractivity contribution is 6.11. The minimum Gasteiger partial charge on any atom is -0.493 e. The highest BCUT2D eigenvalue weighted by Crippen LogP contribution is 2.38. The summed E-state index contributed by atoms with van der Waals surface area (Å²) >= 11 is 0. The van der Waals surface area contributed by atoms with Gasteiger partial charge in [0.15, 0.2) is 11.5 Å². The van der Waals surface area contributed by atoms with Crippen molar-refractivity contribution in [3.63, 3.8) is 0 Å². The van der Waals surface area contributed by atoms with Crippen LogP contribution in [0.15, 0.2) is 54.6 Å². The summed E-state index contributed by atoms with van der Waals surface area (Å²) in [6, 6.07) is 12.5. The number of fused-ring (bicyclic) bond motifs is 2. The van der Waals surface area contributed by atoms with Crippen LogP contribution >= 0.6 is 0 Å². The Kier molecular flexibility index (Phi) is 4.32. The zero-order valence-corrected chi connectivity index (χ0v) is 15.0. The van der Waals surface area contributed by atoms with E-state index in [-0.39, 0.29) is 11.8 Å². The zero-order valence-electron chi connectivity index (χ0n) is 15.0. The molecule has 2 amide bonds. The largest absolute Gasteiger partial charge is 0.493 e. The van der Waals surface area contributed by atoms with Crippen molar-refractivity contribution in [3.8, 4) is 11.5 Å². The van der Waals surface area contributed by atoms with Gasteiger partial charge in [-0.05, 0) is 18.1 Å². The van der Waals surface area contributed by atoms with Crippen LogP contribution in [0.25, 0.3) is 0 Å². The van der Waals surface area contributed by atoms with Gasteiger partial charge in [0.2, 0.25) is 5.91 Å². The Morgan fingerprint density at radius 1 is 1.19 bits per heavy atom. The van der Waals surface area contributed by atoms with E-state index >= 15 is 0 Å². The van der Waals surface area contributed by atoms with Crippen molar-refractivity contribution < 1.29 is 19.1 Å². The molecule has 2 aliphatic rings. The molecule has 6 nitrogen and oxygen atoms in total. The van der Waals surface area contributed by atoms with Gasteiger partial charge >= 0.3 is 0 Å². The molecule has 0 saturated carbocycles. The Bertz CT molecular complexity index is 923. The Balaban J connectivity index is 1.67. The third-order valence-corrected chi connectivity index (χ3v) is 4.84. The van der Waals surface area contributed by atoms with E-state index in [0.29, 0.717) is 42.3 Å². The first-order valence-corrected chi connectivity index (χ1v) is 8.74. The first-order valence-electron chi connectivity index (χ1n) is 8.74. The van der Waals surface area contributed by atoms with Gasteiger partial charge in [-0.25, -0.2) is 0 Å². The summed E-state index contributed by atoms with van der Waals surface area (Å²) in [6.45, 7) is 4.66. The number of anilines is 1. The third-order valence-electron chi connectivity index (χ3n) is 4.84. The quantitative estimate of drug-likeness (QED) is 0.847. The molecule has 6 heteroatoms. The fraction of sp³-hybridized carbons (Fsp3) is 0.238. The summed E-state index contributed by atoms with van der Waals surface area (Å²) in [6.07, 6.45) is 0.486. The minimum absolute atomic E-state index is 0.208. The van der Waals surface area contributed by atoms with E-state index in [1.54, 1.807) is 17.0 Å². The van der Waals surface area contributed by atoms with Crippen LogP contribution in [0.2, 0.25) is 0 Å². The summed E-state index contributed by atoms with van der Waals surface area (Å²) in [7, 11) is 1.53. The van der Waals surface area contributed by atoms with Crippen LogP contribution in [0.3, 0.4) is 0 Å². The first-order chi connectivity index (χ1) is 13.1. The third kappa shape index (κ3) is 3.14. The lowest BCUT2D eigenvalue weighted by atomic mass is 10.1.